The van der Waals surface area contributed by atoms with Crippen LogP contribution >= 0.6 is 0 Å². The molecule has 8 bridgehead atoms. The molecule has 4 saturated heterocycles. The largest absolute Gasteiger partial charge is 0.507 e. The lowest BCUT2D eigenvalue weighted by Crippen LogP contribution is -2.35. The number of aliphatic hydroxyl groups excluding tert-OH is 4. The van der Waals surface area contributed by atoms with Crippen LogP contribution in [0.4, 0.5) is 0 Å². The van der Waals surface area contributed by atoms with Gasteiger partial charge in [0.1, 0.15) is 70.2 Å². The second-order valence-corrected chi connectivity index (χ2v) is 30.3. The van der Waals surface area contributed by atoms with E-state index >= 15 is 0 Å². The van der Waals surface area contributed by atoms with E-state index in [9.17, 15) is 153 Å². The maximum Gasteiger partial charge on any atom is 0.397 e. The van der Waals surface area contributed by atoms with Crippen molar-refractivity contribution in [3.8, 4) is 46.0 Å². The van der Waals surface area contributed by atoms with E-state index in [-0.39, 0.29) is 0 Å². The summed E-state index contributed by atoms with van der Waals surface area (Å²) in [6.07, 6.45) is -11.8. The molecule has 40 nitrogen and oxygen atoms in total. The molecule has 576 valence electrons. The fourth-order valence-electron chi connectivity index (χ4n) is 14.8. The molecule has 0 radical (unpaired) electrons. The van der Waals surface area contributed by atoms with Gasteiger partial charge in [0.2, 0.25) is 0 Å². The van der Waals surface area contributed by atoms with Gasteiger partial charge in [0.25, 0.3) is 0 Å². The maximum atomic E-state index is 13.1. The molecule has 0 aromatic heterocycles. The second kappa shape index (κ2) is 31.4. The van der Waals surface area contributed by atoms with E-state index in [2.05, 4.69) is 0 Å². The molecule has 44 heteroatoms. The SMILES string of the molecule is O=C(O)[C@H]1C[C@H](O)CN1Cc1c(O)c2cc(c1O)C(CCOS(=O)(=O)O)c1cc(c(O)c(CN3C[C@@H](O)C[C@@H]3C(=O)O)c1O)C(CCOS(=O)(=O)O)c1cc(c(O)c(CN3C[C@@H](O)C[C@@H]3C(=O)O)c1O)C(CCOS(=O)(=O)O)c1cc(c(O)c(CN3C[C@@H](O)C[C@@H]3C(=O)O)c1O)C2CCOS(=O)(=O)O. The van der Waals surface area contributed by atoms with E-state index in [0.29, 0.717) is 0 Å². The van der Waals surface area contributed by atoms with Crippen molar-refractivity contribution in [3.63, 3.8) is 0 Å². The number of β-amino-alcohol motifs (C(OH)–C–C–N with tert-alkyl or cyclic N) is 4. The summed E-state index contributed by atoms with van der Waals surface area (Å²) in [5.41, 5.74) is -8.94. The van der Waals surface area contributed by atoms with Crippen LogP contribution in [-0.4, -0.2) is 278 Å². The van der Waals surface area contributed by atoms with Gasteiger partial charge in [-0.1, -0.05) is 0 Å². The molecule has 0 saturated carbocycles. The molecular formula is C60H76N4O36S4. The number of carboxylic acids is 4. The summed E-state index contributed by atoms with van der Waals surface area (Å²) < 4.78 is 159. The first-order valence-electron chi connectivity index (χ1n) is 31.7. The van der Waals surface area contributed by atoms with Gasteiger partial charge < -0.3 is 81.7 Å². The van der Waals surface area contributed by atoms with E-state index in [1.807, 2.05) is 0 Å². The van der Waals surface area contributed by atoms with Gasteiger partial charge in [0.05, 0.1) is 73.1 Å². The third-order valence-electron chi connectivity index (χ3n) is 19.4. The molecule has 1 aliphatic carbocycles. The van der Waals surface area contributed by atoms with E-state index < -0.39 is 381 Å². The van der Waals surface area contributed by atoms with Crippen LogP contribution in [0.1, 0.15) is 142 Å². The molecule has 5 aliphatic rings. The molecule has 0 unspecified atom stereocenters. The molecule has 4 aromatic rings. The second-order valence-electron chi connectivity index (χ2n) is 26.0. The van der Waals surface area contributed by atoms with Gasteiger partial charge in [-0.3, -0.25) is 57.0 Å². The van der Waals surface area contributed by atoms with E-state index in [4.69, 9.17) is 16.7 Å². The van der Waals surface area contributed by atoms with Gasteiger partial charge in [-0.2, -0.15) is 33.7 Å². The van der Waals surface area contributed by atoms with E-state index in [1.165, 1.54) is 0 Å². The van der Waals surface area contributed by atoms with Gasteiger partial charge in [-0.05, 0) is 49.9 Å². The Labute approximate surface area is 591 Å². The smallest absolute Gasteiger partial charge is 0.397 e. The average Bonchev–Trinajstić information content (AvgIpc) is 0.908. The Morgan fingerprint density at radius 1 is 0.317 bits per heavy atom. The summed E-state index contributed by atoms with van der Waals surface area (Å²) in [6.45, 7) is -11.1. The Balaban J connectivity index is 1.54. The number of likely N-dealkylation sites (tertiary alicyclic amines) is 4. The van der Waals surface area contributed by atoms with Crippen LogP contribution in [0.25, 0.3) is 0 Å². The zero-order chi connectivity index (χ0) is 76.9. The molecule has 104 heavy (non-hydrogen) atoms. The number of benzene rings is 4. The summed E-state index contributed by atoms with van der Waals surface area (Å²) in [5, 5.41) is 190. The molecule has 20 N–H and O–H groups in total. The van der Waals surface area contributed by atoms with Crippen molar-refractivity contribution in [1.82, 2.24) is 19.6 Å². The van der Waals surface area contributed by atoms with Crippen molar-refractivity contribution in [2.75, 3.05) is 52.6 Å². The van der Waals surface area contributed by atoms with Crippen molar-refractivity contribution in [3.05, 3.63) is 91.0 Å². The van der Waals surface area contributed by atoms with Crippen molar-refractivity contribution in [1.29, 1.82) is 0 Å². The Morgan fingerprint density at radius 2 is 0.471 bits per heavy atom. The molecule has 4 heterocycles. The minimum Gasteiger partial charge on any atom is -0.507 e. The summed E-state index contributed by atoms with van der Waals surface area (Å²) >= 11 is 0. The lowest BCUT2D eigenvalue weighted by molar-refractivity contribution is -0.143. The summed E-state index contributed by atoms with van der Waals surface area (Å²) in [5.74, 6) is -24.0. The van der Waals surface area contributed by atoms with Crippen LogP contribution in [-0.2, 0) is 104 Å². The number of aliphatic hydroxyl groups is 4. The fraction of sp³-hybridized carbons (Fsp3) is 0.533. The minimum atomic E-state index is -5.54. The number of hydrogen-bond donors (Lipinski definition) is 20. The Morgan fingerprint density at radius 3 is 0.606 bits per heavy atom. The predicted octanol–water partition coefficient (Wildman–Crippen LogP) is -0.910. The van der Waals surface area contributed by atoms with Gasteiger partial charge in [0, 0.05) is 146 Å². The lowest BCUT2D eigenvalue weighted by atomic mass is 9.75. The highest BCUT2D eigenvalue weighted by Gasteiger charge is 2.45. The summed E-state index contributed by atoms with van der Waals surface area (Å²) in [7, 11) is -22.1. The summed E-state index contributed by atoms with van der Waals surface area (Å²) in [6, 6.07) is -3.33. The van der Waals surface area contributed by atoms with Crippen LogP contribution in [0, 0.1) is 0 Å². The number of phenols is 8. The molecule has 9 rings (SSSR count). The molecule has 4 aromatic carbocycles. The van der Waals surface area contributed by atoms with Crippen molar-refractivity contribution < 1.29 is 169 Å². The number of rotatable bonds is 28. The number of hydrogen-bond acceptors (Lipinski definition) is 32. The highest BCUT2D eigenvalue weighted by molar-refractivity contribution is 7.81. The number of nitrogens with zero attached hydrogens (tertiary/aromatic N) is 4. The number of fused-ring (bicyclic) bond motifs is 8. The van der Waals surface area contributed by atoms with Crippen LogP contribution in [0.5, 0.6) is 46.0 Å². The quantitative estimate of drug-likeness (QED) is 0.0306. The molecule has 4 fully saturated rings. The first kappa shape index (κ1) is 80.4. The third kappa shape index (κ3) is 18.2. The third-order valence-corrected chi connectivity index (χ3v) is 21.2. The lowest BCUT2D eigenvalue weighted by Gasteiger charge is -2.33. The van der Waals surface area contributed by atoms with Crippen LogP contribution in [0.3, 0.4) is 0 Å². The first-order valence-corrected chi connectivity index (χ1v) is 37.2. The highest BCUT2D eigenvalue weighted by Crippen LogP contribution is 2.56. The van der Waals surface area contributed by atoms with Crippen molar-refractivity contribution in [2.45, 2.75) is 150 Å². The average molecular weight is 1560 g/mol. The Kier molecular flexibility index (Phi) is 24.3. The maximum absolute atomic E-state index is 13.1. The van der Waals surface area contributed by atoms with E-state index in [1.54, 1.807) is 0 Å². The molecule has 0 spiro atoms. The minimum absolute atomic E-state index is 0.506. The van der Waals surface area contributed by atoms with Crippen LogP contribution < -0.4 is 0 Å². The summed E-state index contributed by atoms with van der Waals surface area (Å²) in [4.78, 5) is 55.7. The zero-order valence-electron chi connectivity index (χ0n) is 54.3. The molecule has 0 amide bonds. The number of aliphatic carboxylic acids is 4. The van der Waals surface area contributed by atoms with Gasteiger partial charge >= 0.3 is 65.5 Å². The van der Waals surface area contributed by atoms with Crippen LogP contribution in [0.15, 0.2) is 24.3 Å². The Bertz CT molecular complexity index is 3800. The molecule has 8 atom stereocenters. The van der Waals surface area contributed by atoms with Gasteiger partial charge in [-0.25, -0.2) is 16.7 Å². The monoisotopic (exact) mass is 1560 g/mol. The zero-order valence-corrected chi connectivity index (χ0v) is 57.5. The van der Waals surface area contributed by atoms with Crippen molar-refractivity contribution >= 4 is 65.5 Å². The standard InChI is InChI=1S/C60H76N4O36S4/c65-25-9-45(57(77)78)61(17-25)21-41-49(69)33-13-35(51(41)71)30(2-6-98-102(88,89)90)37-15-39(55(75)43(53(37)73)23-63-19-27(67)11-47(63)59(81)82)32(4-8-100-104(94,95)96)40-16-38(54(74)44(56(40)76)24-64-20-28(68)12-48(64)60(83)84)31(3-7-99-103(91,92)93)36-14-34(29(33)1-5-97-101(85,86)87)50(70)42(52(36)72)22-62-18-26(66)10-46(62)58(79)80/h13-16,25-32,45-48,65-76H,1-12,17-24H2,(H,77,78)(H,79,80)(H,81,82)(H,83,84)(H,85,86,87)(H,88,89,90)(H,91,92,93)(H,94,95,96)/t25-,26-,27-,28-,29?,30?,31?,32?,45+,46+,47+,48+/m0/s1. The first-order chi connectivity index (χ1) is 48.3. The van der Waals surface area contributed by atoms with Crippen LogP contribution in [0.2, 0.25) is 0 Å². The molecular weight excluding hydrogens is 1480 g/mol. The normalized spacial score (nSPS) is 25.2. The number of phenolic OH excluding ortho intramolecular Hbond substituents is 8. The predicted molar refractivity (Wildman–Crippen MR) is 345 cm³/mol. The highest BCUT2D eigenvalue weighted by atomic mass is 32.3. The van der Waals surface area contributed by atoms with Gasteiger partial charge in [0.15, 0.2) is 0 Å². The molecule has 4 aliphatic heterocycles. The number of aromatic hydroxyl groups is 8. The van der Waals surface area contributed by atoms with Crippen molar-refractivity contribution in [2.24, 2.45) is 0 Å². The fourth-order valence-corrected chi connectivity index (χ4v) is 16.1. The topological polar surface area (TPSA) is 659 Å². The van der Waals surface area contributed by atoms with Gasteiger partial charge in [-0.15, -0.1) is 0 Å². The number of carboxylic acid groups (broad SMARTS) is 4. The Hall–Kier alpha value is -7.68. The van der Waals surface area contributed by atoms with E-state index in [0.717, 1.165) is 43.9 Å². The number of carbonyl (C=O) groups is 4.